The molecule has 0 spiro atoms. The fraction of sp³-hybridized carbons (Fsp3) is 0.222. The van der Waals surface area contributed by atoms with Gasteiger partial charge < -0.3 is 4.55 Å². The maximum Gasteiger partial charge on any atom is 0.263 e. The number of fused-ring (bicyclic) bond motifs is 3. The van der Waals surface area contributed by atoms with Crippen LogP contribution in [0.1, 0.15) is 15.9 Å². The van der Waals surface area contributed by atoms with Gasteiger partial charge in [-0.1, -0.05) is 5.92 Å². The van der Waals surface area contributed by atoms with Crippen LogP contribution >= 0.6 is 0 Å². The zero-order chi connectivity index (χ0) is 19.8. The molecule has 28 heavy (non-hydrogen) atoms. The highest BCUT2D eigenvalue weighted by Crippen LogP contribution is 2.35. The normalized spacial score (nSPS) is 18.7. The lowest BCUT2D eigenvalue weighted by Crippen LogP contribution is -2.52. The maximum absolute atomic E-state index is 13.2. The smallest absolute Gasteiger partial charge is 0.263 e. The number of aliphatic imine (C=N–C) groups is 1. The number of hydrogen-bond acceptors (Lipinski definition) is 7. The van der Waals surface area contributed by atoms with Gasteiger partial charge in [0.25, 0.3) is 5.91 Å². The molecule has 0 fully saturated rings. The standard InChI is InChI=1S/C18H15N5O4S/c1-21-10-12(8-20-21)11-22-17(25)15-7-14(28(26)27)4-5-16(15)23-13(3-2-6-24)9-19-18(22)23/h4-8,10,13H,9,11H2,1H3,(H,26,27)/p-1. The molecule has 0 bridgehead atoms. The maximum atomic E-state index is 13.2. The molecule has 1 amide bonds. The van der Waals surface area contributed by atoms with Crippen LogP contribution in [0.4, 0.5) is 5.69 Å². The van der Waals surface area contributed by atoms with Crippen LogP contribution in [0.3, 0.4) is 0 Å². The molecule has 1 aromatic heterocycles. The summed E-state index contributed by atoms with van der Waals surface area (Å²) in [4.78, 5) is 31.6. The zero-order valence-corrected chi connectivity index (χ0v) is 15.5. The first-order valence-corrected chi connectivity index (χ1v) is 9.38. The highest BCUT2D eigenvalue weighted by atomic mass is 32.2. The van der Waals surface area contributed by atoms with E-state index in [-0.39, 0.29) is 22.9 Å². The molecular formula is C18H14N5O4S-. The van der Waals surface area contributed by atoms with Gasteiger partial charge in [0.1, 0.15) is 6.04 Å². The van der Waals surface area contributed by atoms with Crippen LogP contribution in [0, 0.1) is 11.8 Å². The quantitative estimate of drug-likeness (QED) is 0.412. The Morgan fingerprint density at radius 3 is 2.93 bits per heavy atom. The van der Waals surface area contributed by atoms with E-state index in [2.05, 4.69) is 21.9 Å². The number of rotatable bonds is 3. The first kappa shape index (κ1) is 18.1. The Bertz CT molecular complexity index is 1100. The Balaban J connectivity index is 1.82. The number of aldehydes is 1. The lowest BCUT2D eigenvalue weighted by molar-refractivity contribution is -0.103. The summed E-state index contributed by atoms with van der Waals surface area (Å²) in [6.07, 6.45) is 3.94. The minimum Gasteiger partial charge on any atom is -0.768 e. The molecule has 0 radical (unpaired) electrons. The molecule has 9 nitrogen and oxygen atoms in total. The number of guanidine groups is 1. The summed E-state index contributed by atoms with van der Waals surface area (Å²) >= 11 is -2.46. The predicted octanol–water partition coefficient (Wildman–Crippen LogP) is 0.0610. The van der Waals surface area contributed by atoms with E-state index in [1.807, 2.05) is 0 Å². The average Bonchev–Trinajstić information content (AvgIpc) is 3.29. The number of carbonyl (C=O) groups is 2. The van der Waals surface area contributed by atoms with Gasteiger partial charge in [-0.05, 0) is 35.2 Å². The van der Waals surface area contributed by atoms with E-state index in [1.54, 1.807) is 35.1 Å². The van der Waals surface area contributed by atoms with Gasteiger partial charge >= 0.3 is 0 Å². The second-order valence-electron chi connectivity index (χ2n) is 6.26. The molecule has 142 valence electrons. The van der Waals surface area contributed by atoms with Crippen LogP contribution in [0.2, 0.25) is 0 Å². The molecule has 0 saturated carbocycles. The third-order valence-electron chi connectivity index (χ3n) is 4.48. The van der Waals surface area contributed by atoms with Gasteiger partial charge in [-0.3, -0.25) is 28.3 Å². The number of anilines is 1. The number of amides is 1. The van der Waals surface area contributed by atoms with Gasteiger partial charge in [0.2, 0.25) is 5.96 Å². The monoisotopic (exact) mass is 396 g/mol. The zero-order valence-electron chi connectivity index (χ0n) is 14.7. The molecule has 3 heterocycles. The first-order valence-electron chi connectivity index (χ1n) is 8.30. The molecule has 0 saturated heterocycles. The van der Waals surface area contributed by atoms with Crippen LogP contribution in [0.25, 0.3) is 0 Å². The Kier molecular flexibility index (Phi) is 4.54. The second kappa shape index (κ2) is 7.03. The fourth-order valence-electron chi connectivity index (χ4n) is 3.31. The summed E-state index contributed by atoms with van der Waals surface area (Å²) in [6.45, 7) is 0.516. The van der Waals surface area contributed by atoms with Crippen molar-refractivity contribution in [2.24, 2.45) is 12.0 Å². The van der Waals surface area contributed by atoms with Gasteiger partial charge in [-0.15, -0.1) is 0 Å². The highest BCUT2D eigenvalue weighted by molar-refractivity contribution is 7.79. The average molecular weight is 396 g/mol. The number of aromatic nitrogens is 2. The summed E-state index contributed by atoms with van der Waals surface area (Å²) in [6, 6.07) is 3.91. The molecule has 2 unspecified atom stereocenters. The number of carbonyl (C=O) groups excluding carboxylic acids is 2. The molecule has 0 aliphatic carbocycles. The van der Waals surface area contributed by atoms with Crippen molar-refractivity contribution >= 4 is 34.9 Å². The Morgan fingerprint density at radius 1 is 1.43 bits per heavy atom. The van der Waals surface area contributed by atoms with Crippen LogP contribution in [-0.2, 0) is 29.5 Å². The van der Waals surface area contributed by atoms with E-state index in [1.165, 1.54) is 17.0 Å². The minimum atomic E-state index is -2.46. The Hall–Kier alpha value is -3.29. The predicted molar refractivity (Wildman–Crippen MR) is 99.1 cm³/mol. The van der Waals surface area contributed by atoms with Gasteiger partial charge in [-0.2, -0.15) is 5.10 Å². The molecule has 10 heteroatoms. The highest BCUT2D eigenvalue weighted by Gasteiger charge is 2.41. The van der Waals surface area contributed by atoms with Gasteiger partial charge in [0.05, 0.1) is 30.5 Å². The SMILES string of the molecule is Cn1cc(CN2C(=O)c3cc(S(=O)[O-])ccc3N3C2=NCC3C#CC=O)cn1. The van der Waals surface area contributed by atoms with Crippen molar-refractivity contribution in [1.29, 1.82) is 0 Å². The molecule has 1 aromatic carbocycles. The third kappa shape index (κ3) is 3.00. The number of nitrogens with zero attached hydrogens (tertiary/aromatic N) is 5. The van der Waals surface area contributed by atoms with E-state index in [0.29, 0.717) is 24.5 Å². The van der Waals surface area contributed by atoms with Crippen molar-refractivity contribution in [2.45, 2.75) is 17.5 Å². The van der Waals surface area contributed by atoms with Gasteiger partial charge in [0.15, 0.2) is 6.29 Å². The van der Waals surface area contributed by atoms with Gasteiger partial charge in [0, 0.05) is 23.7 Å². The van der Waals surface area contributed by atoms with Crippen molar-refractivity contribution in [3.05, 3.63) is 41.7 Å². The summed E-state index contributed by atoms with van der Waals surface area (Å²) < 4.78 is 24.4. The van der Waals surface area contributed by atoms with E-state index < -0.39 is 17.1 Å². The Morgan fingerprint density at radius 2 is 2.25 bits per heavy atom. The first-order chi connectivity index (χ1) is 13.5. The van der Waals surface area contributed by atoms with Crippen LogP contribution in [-0.4, -0.2) is 54.2 Å². The molecule has 2 aliphatic rings. The number of aryl methyl sites for hydroxylation is 1. The van der Waals surface area contributed by atoms with E-state index in [9.17, 15) is 18.4 Å². The summed E-state index contributed by atoms with van der Waals surface area (Å²) in [7, 11) is 1.77. The van der Waals surface area contributed by atoms with E-state index >= 15 is 0 Å². The van der Waals surface area contributed by atoms with Crippen molar-refractivity contribution in [1.82, 2.24) is 14.7 Å². The van der Waals surface area contributed by atoms with Crippen molar-refractivity contribution in [3.63, 3.8) is 0 Å². The third-order valence-corrected chi connectivity index (χ3v) is 5.12. The van der Waals surface area contributed by atoms with Crippen LogP contribution in [0.15, 0.2) is 40.5 Å². The van der Waals surface area contributed by atoms with E-state index in [0.717, 1.165) is 5.56 Å². The van der Waals surface area contributed by atoms with Crippen molar-refractivity contribution < 1.29 is 18.4 Å². The van der Waals surface area contributed by atoms with E-state index in [4.69, 9.17) is 0 Å². The lowest BCUT2D eigenvalue weighted by Gasteiger charge is -2.37. The molecule has 0 N–H and O–H groups in total. The molecule has 2 aromatic rings. The minimum absolute atomic E-state index is 0.0172. The second-order valence-corrected chi connectivity index (χ2v) is 7.20. The molecule has 2 atom stereocenters. The van der Waals surface area contributed by atoms with Gasteiger partial charge in [-0.25, -0.2) is 4.99 Å². The number of hydrogen-bond donors (Lipinski definition) is 0. The van der Waals surface area contributed by atoms with Crippen molar-refractivity contribution in [3.8, 4) is 11.8 Å². The summed E-state index contributed by atoms with van der Waals surface area (Å²) in [5, 5.41) is 4.11. The van der Waals surface area contributed by atoms with Crippen LogP contribution < -0.4 is 4.90 Å². The summed E-state index contributed by atoms with van der Waals surface area (Å²) in [5.41, 5.74) is 1.56. The van der Waals surface area contributed by atoms with Crippen LogP contribution in [0.5, 0.6) is 0 Å². The number of benzene rings is 1. The fourth-order valence-corrected chi connectivity index (χ4v) is 3.71. The molecule has 4 rings (SSSR count). The van der Waals surface area contributed by atoms with Crippen molar-refractivity contribution in [2.75, 3.05) is 11.4 Å². The largest absolute Gasteiger partial charge is 0.768 e. The lowest BCUT2D eigenvalue weighted by atomic mass is 10.1. The molecular weight excluding hydrogens is 382 g/mol. The molecule has 2 aliphatic heterocycles. The summed E-state index contributed by atoms with van der Waals surface area (Å²) in [5.74, 6) is 5.29. The topological polar surface area (TPSA) is 111 Å². The Labute approximate surface area is 162 Å².